The van der Waals surface area contributed by atoms with Crippen LogP contribution in [0.5, 0.6) is 0 Å². The average Bonchev–Trinajstić information content (AvgIpc) is 2.76. The van der Waals surface area contributed by atoms with E-state index in [1.165, 1.54) is 25.9 Å². The van der Waals surface area contributed by atoms with E-state index in [1.54, 1.807) is 12.3 Å². The molecule has 23 heavy (non-hydrogen) atoms. The Morgan fingerprint density at radius 2 is 2.17 bits per heavy atom. The van der Waals surface area contributed by atoms with Gasteiger partial charge in [0.2, 0.25) is 0 Å². The van der Waals surface area contributed by atoms with E-state index < -0.39 is 0 Å². The smallest absolute Gasteiger partial charge is 0.251 e. The van der Waals surface area contributed by atoms with E-state index in [0.717, 1.165) is 24.3 Å². The van der Waals surface area contributed by atoms with Gasteiger partial charge in [0.15, 0.2) is 0 Å². The Labute approximate surface area is 135 Å². The van der Waals surface area contributed by atoms with Crippen molar-refractivity contribution >= 4 is 16.9 Å². The lowest BCUT2D eigenvalue weighted by molar-refractivity contribution is 0.0929. The van der Waals surface area contributed by atoms with Crippen LogP contribution in [0.3, 0.4) is 0 Å². The van der Waals surface area contributed by atoms with Crippen molar-refractivity contribution in [3.05, 3.63) is 35.6 Å². The van der Waals surface area contributed by atoms with Crippen LogP contribution in [-0.2, 0) is 0 Å². The molecule has 0 saturated carbocycles. The van der Waals surface area contributed by atoms with Gasteiger partial charge in [0, 0.05) is 23.5 Å². The van der Waals surface area contributed by atoms with Crippen LogP contribution in [0.2, 0.25) is 0 Å². The summed E-state index contributed by atoms with van der Waals surface area (Å²) in [5.41, 5.74) is 2.04. The Morgan fingerprint density at radius 3 is 2.96 bits per heavy atom. The van der Waals surface area contributed by atoms with Gasteiger partial charge in [-0.1, -0.05) is 5.92 Å². The van der Waals surface area contributed by atoms with Gasteiger partial charge in [0.1, 0.15) is 11.8 Å². The zero-order valence-electron chi connectivity index (χ0n) is 13.0. The highest BCUT2D eigenvalue weighted by atomic mass is 16.3. The zero-order valence-corrected chi connectivity index (χ0v) is 13.0. The number of rotatable bonds is 2. The van der Waals surface area contributed by atoms with Crippen LogP contribution in [-0.4, -0.2) is 36.5 Å². The standard InChI is InChI=1S/C19H20N2O2/c1-2-14-12-23-18-4-3-15(10-17(14)18)19(22)20-16-9-13-5-7-21(11-16)8-6-13/h1,3-4,10,12-13,16H,5-9,11H2,(H,20,22). The first-order valence-electron chi connectivity index (χ1n) is 8.24. The fourth-order valence-corrected chi connectivity index (χ4v) is 3.85. The van der Waals surface area contributed by atoms with E-state index >= 15 is 0 Å². The molecule has 3 saturated heterocycles. The van der Waals surface area contributed by atoms with E-state index in [4.69, 9.17) is 10.8 Å². The van der Waals surface area contributed by atoms with Crippen molar-refractivity contribution in [3.8, 4) is 12.3 Å². The SMILES string of the molecule is C#Cc1coc2ccc(C(=O)NC3CC4CCN(CC4)C3)cc12. The monoisotopic (exact) mass is 308 g/mol. The topological polar surface area (TPSA) is 45.5 Å². The van der Waals surface area contributed by atoms with Crippen LogP contribution < -0.4 is 5.32 Å². The van der Waals surface area contributed by atoms with Gasteiger partial charge < -0.3 is 14.6 Å². The molecular formula is C19H20N2O2. The Kier molecular flexibility index (Phi) is 3.59. The molecule has 1 unspecified atom stereocenters. The molecule has 1 atom stereocenters. The molecule has 4 heterocycles. The number of benzene rings is 1. The number of terminal acetylenes is 1. The molecule has 0 aliphatic carbocycles. The molecule has 1 amide bonds. The number of nitrogens with one attached hydrogen (secondary N) is 1. The summed E-state index contributed by atoms with van der Waals surface area (Å²) in [6.07, 6.45) is 10.6. The molecule has 1 aromatic carbocycles. The van der Waals surface area contributed by atoms with Crippen molar-refractivity contribution in [2.75, 3.05) is 19.6 Å². The summed E-state index contributed by atoms with van der Waals surface area (Å²) in [4.78, 5) is 15.1. The van der Waals surface area contributed by atoms with E-state index in [1.807, 2.05) is 12.1 Å². The summed E-state index contributed by atoms with van der Waals surface area (Å²) in [6, 6.07) is 5.68. The molecule has 1 N–H and O–H groups in total. The van der Waals surface area contributed by atoms with Gasteiger partial charge in [-0.25, -0.2) is 0 Å². The van der Waals surface area contributed by atoms with Gasteiger partial charge in [-0.2, -0.15) is 0 Å². The molecule has 5 rings (SSSR count). The van der Waals surface area contributed by atoms with E-state index in [2.05, 4.69) is 16.1 Å². The fraction of sp³-hybridized carbons (Fsp3) is 0.421. The summed E-state index contributed by atoms with van der Waals surface area (Å²) < 4.78 is 5.40. The summed E-state index contributed by atoms with van der Waals surface area (Å²) in [6.45, 7) is 3.30. The Balaban J connectivity index is 1.54. The molecule has 0 radical (unpaired) electrons. The van der Waals surface area contributed by atoms with Crippen LogP contribution >= 0.6 is 0 Å². The second-order valence-electron chi connectivity index (χ2n) is 6.65. The van der Waals surface area contributed by atoms with Crippen molar-refractivity contribution in [1.82, 2.24) is 10.2 Å². The number of amides is 1. The molecule has 3 aliphatic heterocycles. The number of nitrogens with zero attached hydrogens (tertiary/aromatic N) is 1. The maximum atomic E-state index is 12.6. The molecule has 4 nitrogen and oxygen atoms in total. The number of carbonyl (C=O) groups is 1. The predicted molar refractivity (Wildman–Crippen MR) is 89.2 cm³/mol. The van der Waals surface area contributed by atoms with E-state index in [0.29, 0.717) is 16.7 Å². The van der Waals surface area contributed by atoms with Gasteiger partial charge in [0.05, 0.1) is 5.56 Å². The highest BCUT2D eigenvalue weighted by molar-refractivity contribution is 5.99. The van der Waals surface area contributed by atoms with Crippen molar-refractivity contribution in [2.45, 2.75) is 25.3 Å². The Bertz CT molecular complexity index is 764. The minimum Gasteiger partial charge on any atom is -0.463 e. The van der Waals surface area contributed by atoms with Crippen LogP contribution in [0.25, 0.3) is 11.0 Å². The molecule has 3 aliphatic rings. The third-order valence-electron chi connectivity index (χ3n) is 5.13. The molecule has 118 valence electrons. The second-order valence-corrected chi connectivity index (χ2v) is 6.65. The number of piperidine rings is 1. The fourth-order valence-electron chi connectivity index (χ4n) is 3.85. The highest BCUT2D eigenvalue weighted by Gasteiger charge is 2.29. The third-order valence-corrected chi connectivity index (χ3v) is 5.13. The molecule has 3 fully saturated rings. The lowest BCUT2D eigenvalue weighted by Gasteiger charge is -2.26. The minimum atomic E-state index is -0.0245. The van der Waals surface area contributed by atoms with Gasteiger partial charge in [-0.05, 0) is 56.5 Å². The zero-order chi connectivity index (χ0) is 15.8. The van der Waals surface area contributed by atoms with E-state index in [-0.39, 0.29) is 11.9 Å². The van der Waals surface area contributed by atoms with Crippen molar-refractivity contribution < 1.29 is 9.21 Å². The summed E-state index contributed by atoms with van der Waals surface area (Å²) in [7, 11) is 0. The molecule has 4 heteroatoms. The number of carbonyl (C=O) groups excluding carboxylic acids is 1. The number of hydrogen-bond acceptors (Lipinski definition) is 3. The first kappa shape index (κ1) is 14.3. The molecule has 0 spiro atoms. The van der Waals surface area contributed by atoms with Crippen LogP contribution in [0.1, 0.15) is 35.2 Å². The number of hydrogen-bond donors (Lipinski definition) is 1. The Hall–Kier alpha value is -2.25. The summed E-state index contributed by atoms with van der Waals surface area (Å²) in [5.74, 6) is 3.32. The van der Waals surface area contributed by atoms with Crippen LogP contribution in [0.15, 0.2) is 28.9 Å². The van der Waals surface area contributed by atoms with Gasteiger partial charge in [-0.15, -0.1) is 6.42 Å². The minimum absolute atomic E-state index is 0.0245. The van der Waals surface area contributed by atoms with Gasteiger partial charge in [-0.3, -0.25) is 4.79 Å². The molecular weight excluding hydrogens is 288 g/mol. The lowest BCUT2D eigenvalue weighted by atomic mass is 9.94. The van der Waals surface area contributed by atoms with E-state index in [9.17, 15) is 4.79 Å². The Morgan fingerprint density at radius 1 is 1.35 bits per heavy atom. The molecule has 2 aromatic rings. The maximum absolute atomic E-state index is 12.6. The van der Waals surface area contributed by atoms with Crippen molar-refractivity contribution in [3.63, 3.8) is 0 Å². The first-order chi connectivity index (χ1) is 11.2. The first-order valence-corrected chi connectivity index (χ1v) is 8.24. The lowest BCUT2D eigenvalue weighted by Crippen LogP contribution is -2.41. The summed E-state index contributed by atoms with van der Waals surface area (Å²) in [5, 5.41) is 4.03. The predicted octanol–water partition coefficient (Wildman–Crippen LogP) is 2.63. The van der Waals surface area contributed by atoms with Crippen LogP contribution in [0.4, 0.5) is 0 Å². The quantitative estimate of drug-likeness (QED) is 0.868. The molecule has 2 bridgehead atoms. The third kappa shape index (κ3) is 2.73. The maximum Gasteiger partial charge on any atom is 0.251 e. The highest BCUT2D eigenvalue weighted by Crippen LogP contribution is 2.27. The summed E-state index contributed by atoms with van der Waals surface area (Å²) >= 11 is 0. The average molecular weight is 308 g/mol. The van der Waals surface area contributed by atoms with Gasteiger partial charge >= 0.3 is 0 Å². The molecule has 1 aromatic heterocycles. The van der Waals surface area contributed by atoms with Crippen molar-refractivity contribution in [2.24, 2.45) is 5.92 Å². The normalized spacial score (nSPS) is 26.7. The van der Waals surface area contributed by atoms with Crippen LogP contribution in [0, 0.1) is 18.3 Å². The second kappa shape index (κ2) is 5.75. The van der Waals surface area contributed by atoms with Gasteiger partial charge in [0.25, 0.3) is 5.91 Å². The largest absolute Gasteiger partial charge is 0.463 e. The van der Waals surface area contributed by atoms with Crippen molar-refractivity contribution in [1.29, 1.82) is 0 Å². The number of furan rings is 1. The number of fused-ring (bicyclic) bond motifs is 5.